The van der Waals surface area contributed by atoms with Crippen LogP contribution in [0.3, 0.4) is 0 Å². The van der Waals surface area contributed by atoms with Gasteiger partial charge in [-0.25, -0.2) is 14.1 Å². The van der Waals surface area contributed by atoms with Crippen LogP contribution in [0.5, 0.6) is 0 Å². The zero-order valence-electron chi connectivity index (χ0n) is 13.0. The van der Waals surface area contributed by atoms with Gasteiger partial charge < -0.3 is 10.0 Å². The van der Waals surface area contributed by atoms with Gasteiger partial charge in [0.05, 0.1) is 5.69 Å². The quantitative estimate of drug-likeness (QED) is 0.905. The first-order valence-corrected chi connectivity index (χ1v) is 6.99. The largest absolute Gasteiger partial charge is 0.480 e. The maximum atomic E-state index is 13.4. The summed E-state index contributed by atoms with van der Waals surface area (Å²) in [5, 5.41) is 12.9. The molecule has 1 aromatic heterocycles. The number of hydrogen-bond acceptors (Lipinski definition) is 4. The summed E-state index contributed by atoms with van der Waals surface area (Å²) in [5.74, 6) is -1.86. The van der Waals surface area contributed by atoms with Gasteiger partial charge in [-0.3, -0.25) is 9.59 Å². The first kappa shape index (κ1) is 16.6. The molecule has 0 saturated heterocycles. The van der Waals surface area contributed by atoms with Gasteiger partial charge in [-0.15, -0.1) is 5.10 Å². The molecule has 2 aromatic rings. The molecule has 0 fully saturated rings. The molecule has 0 radical (unpaired) electrons. The van der Waals surface area contributed by atoms with E-state index in [2.05, 4.69) is 10.1 Å². The number of nitrogens with zero attached hydrogens (tertiary/aromatic N) is 4. The second-order valence-electron chi connectivity index (χ2n) is 5.39. The SMILES string of the molecule is CC(C)c1nc(C(=O)N(C)CC(=O)O)nn1-c1cccc(F)c1. The molecule has 1 aromatic carbocycles. The standard InChI is InChI=1S/C15H17FN4O3/c1-9(2)14-17-13(15(23)19(3)8-12(21)22)18-20(14)11-6-4-5-10(16)7-11/h4-7,9H,8H2,1-3H3,(H,21,22). The molecule has 0 spiro atoms. The molecule has 0 aliphatic heterocycles. The predicted octanol–water partition coefficient (Wildman–Crippen LogP) is 1.69. The molecular weight excluding hydrogens is 303 g/mol. The van der Waals surface area contributed by atoms with E-state index in [1.807, 2.05) is 13.8 Å². The highest BCUT2D eigenvalue weighted by molar-refractivity contribution is 5.92. The highest BCUT2D eigenvalue weighted by atomic mass is 19.1. The molecule has 8 heteroatoms. The second kappa shape index (κ2) is 6.55. The molecule has 0 aliphatic carbocycles. The Bertz CT molecular complexity index is 742. The van der Waals surface area contributed by atoms with Gasteiger partial charge in [-0.05, 0) is 18.2 Å². The van der Waals surface area contributed by atoms with Crippen LogP contribution < -0.4 is 0 Å². The molecular formula is C15H17FN4O3. The minimum atomic E-state index is -1.13. The molecule has 0 unspecified atom stereocenters. The number of carbonyl (C=O) groups is 2. The Morgan fingerprint density at radius 3 is 2.65 bits per heavy atom. The fraction of sp³-hybridized carbons (Fsp3) is 0.333. The van der Waals surface area contributed by atoms with Gasteiger partial charge in [0.15, 0.2) is 0 Å². The Hall–Kier alpha value is -2.77. The maximum Gasteiger partial charge on any atom is 0.323 e. The molecule has 7 nitrogen and oxygen atoms in total. The van der Waals surface area contributed by atoms with E-state index >= 15 is 0 Å². The Kier molecular flexibility index (Phi) is 4.73. The van der Waals surface area contributed by atoms with E-state index < -0.39 is 24.2 Å². The predicted molar refractivity (Wildman–Crippen MR) is 80.0 cm³/mol. The van der Waals surface area contributed by atoms with Crippen molar-refractivity contribution in [1.29, 1.82) is 0 Å². The Morgan fingerprint density at radius 1 is 1.39 bits per heavy atom. The Balaban J connectivity index is 2.43. The Labute approximate surface area is 132 Å². The normalized spacial score (nSPS) is 10.8. The number of likely N-dealkylation sites (N-methyl/N-ethyl adjacent to an activating group) is 1. The van der Waals surface area contributed by atoms with Gasteiger partial charge in [0.2, 0.25) is 5.82 Å². The summed E-state index contributed by atoms with van der Waals surface area (Å²) in [4.78, 5) is 28.1. The van der Waals surface area contributed by atoms with E-state index in [1.165, 1.54) is 29.9 Å². The lowest BCUT2D eigenvalue weighted by Gasteiger charge is -2.11. The average Bonchev–Trinajstić information content (AvgIpc) is 2.91. The van der Waals surface area contributed by atoms with Crippen molar-refractivity contribution in [3.8, 4) is 5.69 Å². The highest BCUT2D eigenvalue weighted by Crippen LogP contribution is 2.18. The minimum Gasteiger partial charge on any atom is -0.480 e. The van der Waals surface area contributed by atoms with Crippen LogP contribution in [-0.4, -0.2) is 50.2 Å². The van der Waals surface area contributed by atoms with E-state index in [0.29, 0.717) is 11.5 Å². The van der Waals surface area contributed by atoms with Crippen LogP contribution >= 0.6 is 0 Å². The van der Waals surface area contributed by atoms with Crippen molar-refractivity contribution in [3.63, 3.8) is 0 Å². The molecule has 23 heavy (non-hydrogen) atoms. The third-order valence-electron chi connectivity index (χ3n) is 3.11. The molecule has 122 valence electrons. The van der Waals surface area contributed by atoms with Gasteiger partial charge in [-0.1, -0.05) is 19.9 Å². The van der Waals surface area contributed by atoms with Gasteiger partial charge >= 0.3 is 5.97 Å². The minimum absolute atomic E-state index is 0.0582. The number of amides is 1. The van der Waals surface area contributed by atoms with Crippen molar-refractivity contribution in [2.24, 2.45) is 0 Å². The van der Waals surface area contributed by atoms with Gasteiger partial charge in [-0.2, -0.15) is 0 Å². The van der Waals surface area contributed by atoms with Crippen molar-refractivity contribution < 1.29 is 19.1 Å². The number of hydrogen-bond donors (Lipinski definition) is 1. The van der Waals surface area contributed by atoms with Crippen LogP contribution in [0.1, 0.15) is 36.2 Å². The summed E-state index contributed by atoms with van der Waals surface area (Å²) < 4.78 is 14.8. The van der Waals surface area contributed by atoms with E-state index in [-0.39, 0.29) is 11.7 Å². The summed E-state index contributed by atoms with van der Waals surface area (Å²) in [7, 11) is 1.36. The lowest BCUT2D eigenvalue weighted by atomic mass is 10.2. The van der Waals surface area contributed by atoms with Crippen molar-refractivity contribution in [2.45, 2.75) is 19.8 Å². The molecule has 0 saturated carbocycles. The second-order valence-corrected chi connectivity index (χ2v) is 5.39. The van der Waals surface area contributed by atoms with Crippen molar-refractivity contribution in [3.05, 3.63) is 41.7 Å². The molecule has 1 heterocycles. The van der Waals surface area contributed by atoms with Gasteiger partial charge in [0, 0.05) is 13.0 Å². The Morgan fingerprint density at radius 2 is 2.09 bits per heavy atom. The summed E-state index contributed by atoms with van der Waals surface area (Å²) in [6.45, 7) is 3.29. The number of halogens is 1. The number of carbonyl (C=O) groups excluding carboxylic acids is 1. The van der Waals surface area contributed by atoms with E-state index in [4.69, 9.17) is 5.11 Å². The zero-order chi connectivity index (χ0) is 17.1. The number of benzene rings is 1. The number of rotatable bonds is 5. The topological polar surface area (TPSA) is 88.3 Å². The maximum absolute atomic E-state index is 13.4. The van der Waals surface area contributed by atoms with Crippen LogP contribution in [0.15, 0.2) is 24.3 Å². The summed E-state index contributed by atoms with van der Waals surface area (Å²) in [5.41, 5.74) is 0.445. The van der Waals surface area contributed by atoms with Crippen LogP contribution in [0.2, 0.25) is 0 Å². The molecule has 0 bridgehead atoms. The monoisotopic (exact) mass is 320 g/mol. The van der Waals surface area contributed by atoms with Crippen molar-refractivity contribution in [2.75, 3.05) is 13.6 Å². The van der Waals surface area contributed by atoms with Gasteiger partial charge in [0.1, 0.15) is 18.2 Å². The smallest absolute Gasteiger partial charge is 0.323 e. The van der Waals surface area contributed by atoms with Gasteiger partial charge in [0.25, 0.3) is 5.91 Å². The molecule has 2 rings (SSSR count). The number of carboxylic acids is 1. The first-order chi connectivity index (χ1) is 10.8. The third kappa shape index (κ3) is 3.71. The summed E-state index contributed by atoms with van der Waals surface area (Å²) in [6.07, 6.45) is 0. The zero-order valence-corrected chi connectivity index (χ0v) is 13.0. The number of aromatic nitrogens is 3. The lowest BCUT2D eigenvalue weighted by Crippen LogP contribution is -2.32. The lowest BCUT2D eigenvalue weighted by molar-refractivity contribution is -0.137. The fourth-order valence-electron chi connectivity index (χ4n) is 2.03. The number of carboxylic acid groups (broad SMARTS) is 1. The van der Waals surface area contributed by atoms with E-state index in [9.17, 15) is 14.0 Å². The fourth-order valence-corrected chi connectivity index (χ4v) is 2.03. The molecule has 1 amide bonds. The summed E-state index contributed by atoms with van der Waals surface area (Å²) in [6, 6.07) is 5.78. The molecule has 0 aliphatic rings. The van der Waals surface area contributed by atoms with E-state index in [0.717, 1.165) is 4.90 Å². The van der Waals surface area contributed by atoms with Crippen molar-refractivity contribution in [1.82, 2.24) is 19.7 Å². The van der Waals surface area contributed by atoms with Crippen LogP contribution in [0, 0.1) is 5.82 Å². The molecule has 0 atom stereocenters. The van der Waals surface area contributed by atoms with Crippen LogP contribution in [0.4, 0.5) is 4.39 Å². The first-order valence-electron chi connectivity index (χ1n) is 6.99. The summed E-state index contributed by atoms with van der Waals surface area (Å²) >= 11 is 0. The molecule has 1 N–H and O–H groups in total. The van der Waals surface area contributed by atoms with E-state index in [1.54, 1.807) is 6.07 Å². The van der Waals surface area contributed by atoms with Crippen LogP contribution in [-0.2, 0) is 4.79 Å². The highest BCUT2D eigenvalue weighted by Gasteiger charge is 2.23. The average molecular weight is 320 g/mol. The van der Waals surface area contributed by atoms with Crippen LogP contribution in [0.25, 0.3) is 5.69 Å². The third-order valence-corrected chi connectivity index (χ3v) is 3.11. The van der Waals surface area contributed by atoms with Crippen molar-refractivity contribution >= 4 is 11.9 Å². The number of aliphatic carboxylic acids is 1.